The minimum Gasteiger partial charge on any atom is -0.307 e. The lowest BCUT2D eigenvalue weighted by Crippen LogP contribution is -2.34. The summed E-state index contributed by atoms with van der Waals surface area (Å²) in [7, 11) is -1.06. The Morgan fingerprint density at radius 2 is 2.06 bits per heavy atom. The number of sulfone groups is 1. The largest absolute Gasteiger partial charge is 0.307 e. The number of rotatable bonds is 5. The van der Waals surface area contributed by atoms with Gasteiger partial charge in [0, 0.05) is 37.1 Å². The van der Waals surface area contributed by atoms with E-state index in [4.69, 9.17) is 0 Å². The van der Waals surface area contributed by atoms with E-state index in [1.807, 2.05) is 34.0 Å². The molecular formula is C11H21N3O2S. The van der Waals surface area contributed by atoms with Crippen LogP contribution in [0.25, 0.3) is 0 Å². The van der Waals surface area contributed by atoms with Gasteiger partial charge in [0.1, 0.15) is 9.84 Å². The van der Waals surface area contributed by atoms with Crippen molar-refractivity contribution in [3.8, 4) is 0 Å². The first-order chi connectivity index (χ1) is 7.69. The molecule has 0 aliphatic rings. The highest BCUT2D eigenvalue weighted by atomic mass is 32.2. The molecule has 1 heterocycles. The van der Waals surface area contributed by atoms with Gasteiger partial charge in [0.05, 0.1) is 11.4 Å². The van der Waals surface area contributed by atoms with Gasteiger partial charge in [-0.3, -0.25) is 4.68 Å². The molecule has 1 aromatic rings. The van der Waals surface area contributed by atoms with Gasteiger partial charge in [0.15, 0.2) is 0 Å². The van der Waals surface area contributed by atoms with E-state index in [-0.39, 0.29) is 17.8 Å². The van der Waals surface area contributed by atoms with Crippen LogP contribution in [0.4, 0.5) is 0 Å². The Balaban J connectivity index is 2.66. The van der Waals surface area contributed by atoms with E-state index in [9.17, 15) is 8.42 Å². The van der Waals surface area contributed by atoms with Crippen LogP contribution in [-0.4, -0.2) is 36.2 Å². The summed E-state index contributed by atoms with van der Waals surface area (Å²) in [5, 5.41) is 7.55. The van der Waals surface area contributed by atoms with E-state index in [0.717, 1.165) is 11.3 Å². The van der Waals surface area contributed by atoms with Gasteiger partial charge in [-0.1, -0.05) is 0 Å². The Bertz CT molecular complexity index is 479. The van der Waals surface area contributed by atoms with Crippen LogP contribution in [0.2, 0.25) is 0 Å². The second kappa shape index (κ2) is 5.18. The molecule has 0 aliphatic carbocycles. The molecule has 0 saturated heterocycles. The maximum atomic E-state index is 11.2. The zero-order chi connectivity index (χ0) is 13.2. The van der Waals surface area contributed by atoms with Crippen LogP contribution < -0.4 is 5.32 Å². The van der Waals surface area contributed by atoms with Crippen molar-refractivity contribution in [3.63, 3.8) is 0 Å². The molecular weight excluding hydrogens is 238 g/mol. The molecule has 2 unspecified atom stereocenters. The molecule has 98 valence electrons. The molecule has 0 aromatic carbocycles. The summed E-state index contributed by atoms with van der Waals surface area (Å²) in [5.41, 5.74) is 2.08. The van der Waals surface area contributed by atoms with Gasteiger partial charge in [0.25, 0.3) is 0 Å². The van der Waals surface area contributed by atoms with E-state index in [0.29, 0.717) is 0 Å². The number of hydrogen-bond acceptors (Lipinski definition) is 4. The summed E-state index contributed by atoms with van der Waals surface area (Å²) >= 11 is 0. The van der Waals surface area contributed by atoms with Crippen LogP contribution in [0.15, 0.2) is 6.20 Å². The minimum atomic E-state index is -2.94. The molecule has 6 heteroatoms. The first kappa shape index (κ1) is 14.2. The van der Waals surface area contributed by atoms with E-state index in [2.05, 4.69) is 10.4 Å². The number of hydrogen-bond donors (Lipinski definition) is 1. The average molecular weight is 259 g/mol. The third-order valence-corrected chi connectivity index (χ3v) is 3.71. The fourth-order valence-corrected chi connectivity index (χ4v) is 3.07. The second-order valence-electron chi connectivity index (χ2n) is 4.73. The fourth-order valence-electron chi connectivity index (χ4n) is 2.06. The van der Waals surface area contributed by atoms with Crippen molar-refractivity contribution in [2.75, 3.05) is 12.0 Å². The summed E-state index contributed by atoms with van der Waals surface area (Å²) in [6.07, 6.45) is 3.21. The SMILES string of the molecule is Cc1nn(C)cc1C(C)NC(C)CS(C)(=O)=O. The highest BCUT2D eigenvalue weighted by Gasteiger charge is 2.16. The lowest BCUT2D eigenvalue weighted by molar-refractivity contribution is 0.499. The normalized spacial score (nSPS) is 15.8. The van der Waals surface area contributed by atoms with Crippen molar-refractivity contribution < 1.29 is 8.42 Å². The summed E-state index contributed by atoms with van der Waals surface area (Å²) < 4.78 is 24.1. The molecule has 17 heavy (non-hydrogen) atoms. The quantitative estimate of drug-likeness (QED) is 0.850. The van der Waals surface area contributed by atoms with Crippen LogP contribution in [-0.2, 0) is 16.9 Å². The Kier molecular flexibility index (Phi) is 4.32. The maximum absolute atomic E-state index is 11.2. The van der Waals surface area contributed by atoms with E-state index in [1.165, 1.54) is 6.26 Å². The van der Waals surface area contributed by atoms with Crippen molar-refractivity contribution in [2.24, 2.45) is 7.05 Å². The van der Waals surface area contributed by atoms with Gasteiger partial charge < -0.3 is 5.32 Å². The summed E-state index contributed by atoms with van der Waals surface area (Å²) in [5.74, 6) is 0.149. The van der Waals surface area contributed by atoms with Gasteiger partial charge in [-0.05, 0) is 20.8 Å². The highest BCUT2D eigenvalue weighted by molar-refractivity contribution is 7.90. The maximum Gasteiger partial charge on any atom is 0.148 e. The molecule has 2 atom stereocenters. The molecule has 0 fully saturated rings. The lowest BCUT2D eigenvalue weighted by Gasteiger charge is -2.18. The first-order valence-corrected chi connectivity index (χ1v) is 7.69. The smallest absolute Gasteiger partial charge is 0.148 e. The van der Waals surface area contributed by atoms with Gasteiger partial charge in [0.2, 0.25) is 0 Å². The van der Waals surface area contributed by atoms with E-state index in [1.54, 1.807) is 4.68 Å². The van der Waals surface area contributed by atoms with E-state index < -0.39 is 9.84 Å². The Morgan fingerprint density at radius 3 is 2.47 bits per heavy atom. The Morgan fingerprint density at radius 1 is 1.47 bits per heavy atom. The summed E-state index contributed by atoms with van der Waals surface area (Å²) in [6, 6.07) is 0.0278. The van der Waals surface area contributed by atoms with Crippen molar-refractivity contribution in [1.29, 1.82) is 0 Å². The molecule has 0 aliphatic heterocycles. The molecule has 5 nitrogen and oxygen atoms in total. The third-order valence-electron chi connectivity index (χ3n) is 2.61. The van der Waals surface area contributed by atoms with Crippen molar-refractivity contribution >= 4 is 9.84 Å². The topological polar surface area (TPSA) is 64.0 Å². The van der Waals surface area contributed by atoms with Gasteiger partial charge >= 0.3 is 0 Å². The second-order valence-corrected chi connectivity index (χ2v) is 6.91. The van der Waals surface area contributed by atoms with Gasteiger partial charge in [-0.15, -0.1) is 0 Å². The zero-order valence-corrected chi connectivity index (χ0v) is 11.9. The van der Waals surface area contributed by atoms with Crippen molar-refractivity contribution in [3.05, 3.63) is 17.5 Å². The Labute approximate surface area is 103 Å². The van der Waals surface area contributed by atoms with Crippen LogP contribution >= 0.6 is 0 Å². The summed E-state index contributed by atoms with van der Waals surface area (Å²) in [4.78, 5) is 0. The zero-order valence-electron chi connectivity index (χ0n) is 11.1. The molecule has 0 spiro atoms. The average Bonchev–Trinajstić information content (AvgIpc) is 2.41. The van der Waals surface area contributed by atoms with Crippen molar-refractivity contribution in [1.82, 2.24) is 15.1 Å². The van der Waals surface area contributed by atoms with Crippen LogP contribution in [0.5, 0.6) is 0 Å². The molecule has 0 radical (unpaired) electrons. The number of aromatic nitrogens is 2. The van der Waals surface area contributed by atoms with Crippen LogP contribution in [0, 0.1) is 6.92 Å². The highest BCUT2D eigenvalue weighted by Crippen LogP contribution is 2.16. The molecule has 1 N–H and O–H groups in total. The molecule has 1 rings (SSSR count). The van der Waals surface area contributed by atoms with Gasteiger partial charge in [-0.2, -0.15) is 5.10 Å². The molecule has 0 bridgehead atoms. The lowest BCUT2D eigenvalue weighted by atomic mass is 10.1. The monoisotopic (exact) mass is 259 g/mol. The summed E-state index contributed by atoms with van der Waals surface area (Å²) in [6.45, 7) is 5.85. The molecule has 0 amide bonds. The first-order valence-electron chi connectivity index (χ1n) is 5.63. The van der Waals surface area contributed by atoms with E-state index >= 15 is 0 Å². The fraction of sp³-hybridized carbons (Fsp3) is 0.727. The number of nitrogens with zero attached hydrogens (tertiary/aromatic N) is 2. The third kappa shape index (κ3) is 4.47. The van der Waals surface area contributed by atoms with Crippen LogP contribution in [0.1, 0.15) is 31.1 Å². The number of aryl methyl sites for hydroxylation is 2. The van der Waals surface area contributed by atoms with Crippen molar-refractivity contribution in [2.45, 2.75) is 32.9 Å². The standard InChI is InChI=1S/C11H21N3O2S/c1-8(7-17(5,15)16)12-9(2)11-6-14(4)13-10(11)3/h6,8-9,12H,7H2,1-5H3. The minimum absolute atomic E-state index is 0.0698. The predicted octanol–water partition coefficient (Wildman–Crippen LogP) is 0.812. The van der Waals surface area contributed by atoms with Gasteiger partial charge in [-0.25, -0.2) is 8.42 Å². The number of nitrogens with one attached hydrogen (secondary N) is 1. The Hall–Kier alpha value is -0.880. The molecule has 0 saturated carbocycles. The molecule has 1 aromatic heterocycles. The predicted molar refractivity (Wildman–Crippen MR) is 68.7 cm³/mol. The van der Waals surface area contributed by atoms with Crippen LogP contribution in [0.3, 0.4) is 0 Å².